The number of esters is 9. The molecule has 0 saturated heterocycles. The molecule has 0 aliphatic heterocycles. The molecular weight excluding hydrogens is 1240 g/mol. The van der Waals surface area contributed by atoms with Crippen molar-refractivity contribution < 1.29 is 90.9 Å². The van der Waals surface area contributed by atoms with E-state index in [9.17, 15) is 48.3 Å². The molecule has 0 aliphatic rings. The lowest BCUT2D eigenvalue weighted by Crippen LogP contribution is -2.40. The van der Waals surface area contributed by atoms with Crippen LogP contribution in [0.2, 0.25) is 0 Å². The van der Waals surface area contributed by atoms with Crippen LogP contribution in [0.3, 0.4) is 0 Å². The topological polar surface area (TPSA) is 257 Å². The summed E-state index contributed by atoms with van der Waals surface area (Å²) in [6, 6.07) is 13.8. The Morgan fingerprint density at radius 2 is 0.567 bits per heavy atom. The first-order valence-corrected chi connectivity index (χ1v) is 29.4. The van der Waals surface area contributed by atoms with Crippen molar-refractivity contribution in [3.05, 3.63) is 59.7 Å². The fraction of sp³-hybridized carbons (Fsp3) is 0.731. The highest BCUT2D eigenvalue weighted by Crippen LogP contribution is 2.34. The molecule has 19 nitrogen and oxygen atoms in total. The average molecular weight is 1390 g/mol. The second-order valence-corrected chi connectivity index (χ2v) is 27.7. The van der Waals surface area contributed by atoms with Gasteiger partial charge in [-0.1, -0.05) is 141 Å². The van der Waals surface area contributed by atoms with Gasteiger partial charge in [-0.05, 0) is 210 Å². The number of phenols is 1. The van der Waals surface area contributed by atoms with Crippen molar-refractivity contribution in [2.75, 3.05) is 13.2 Å². The van der Waals surface area contributed by atoms with Gasteiger partial charge < -0.3 is 47.7 Å². The maximum absolute atomic E-state index is 13.3. The van der Waals surface area contributed by atoms with E-state index in [1.165, 1.54) is 6.92 Å². The predicted octanol–water partition coefficient (Wildman–Crippen LogP) is 20.1. The van der Waals surface area contributed by atoms with Crippen molar-refractivity contribution in [3.8, 4) is 11.5 Å². The maximum Gasteiger partial charge on any atom is 0.324 e. The first kappa shape index (κ1) is 118. The second-order valence-electron chi connectivity index (χ2n) is 27.7. The molecule has 0 aliphatic carbocycles. The Morgan fingerprint density at radius 3 is 0.784 bits per heavy atom. The highest BCUT2D eigenvalue weighted by Gasteiger charge is 2.40. The number of aromatic hydroxyl groups is 1. The van der Waals surface area contributed by atoms with E-state index in [1.54, 1.807) is 175 Å². The SMILES string of the molecule is C.C.C.C.C.C.C.C.C.C.C.C.CCC(CC(CC(C)c1ccc(O)cc1)C(=O)OC(C)(C)C)C(=O)OCC(C(=O)OC(C)(C)C)C(=O)OC(C)(C)C.CCC(CC(CC(C)c1ccc(OC(C)=O)cc1)C(=O)OC(C)(C)C)C(=O)OCC(C(=O)OC(C)(C)C)C(=O)OC(C)(C)C. The van der Waals surface area contributed by atoms with Crippen molar-refractivity contribution in [1.29, 1.82) is 0 Å². The molecule has 2 rings (SSSR count). The van der Waals surface area contributed by atoms with Crippen LogP contribution in [0.1, 0.15) is 310 Å². The van der Waals surface area contributed by atoms with Crippen LogP contribution >= 0.6 is 0 Å². The zero-order valence-corrected chi connectivity index (χ0v) is 55.2. The zero-order chi connectivity index (χ0) is 65.8. The Kier molecular flexibility index (Phi) is 61.5. The Morgan fingerprint density at radius 1 is 0.340 bits per heavy atom. The minimum absolute atomic E-state index is 0. The second kappa shape index (κ2) is 50.7. The van der Waals surface area contributed by atoms with Gasteiger partial charge in [-0.2, -0.15) is 0 Å². The molecule has 0 bridgehead atoms. The van der Waals surface area contributed by atoms with E-state index in [1.807, 2.05) is 26.0 Å². The quantitative estimate of drug-likeness (QED) is 0.0419. The van der Waals surface area contributed by atoms with Gasteiger partial charge in [0.05, 0.1) is 23.7 Å². The molecule has 0 fully saturated rings. The van der Waals surface area contributed by atoms with Gasteiger partial charge in [-0.15, -0.1) is 0 Å². The predicted molar refractivity (Wildman–Crippen MR) is 400 cm³/mol. The number of hydrogen-bond acceptors (Lipinski definition) is 19. The number of ether oxygens (including phenoxy) is 9. The summed E-state index contributed by atoms with van der Waals surface area (Å²) in [5, 5.41) is 9.63. The smallest absolute Gasteiger partial charge is 0.324 e. The molecule has 6 unspecified atom stereocenters. The third-order valence-electron chi connectivity index (χ3n) is 12.3. The van der Waals surface area contributed by atoms with Crippen molar-refractivity contribution in [2.45, 2.75) is 332 Å². The van der Waals surface area contributed by atoms with Crippen LogP contribution in [0.4, 0.5) is 0 Å². The molecule has 0 heterocycles. The summed E-state index contributed by atoms with van der Waals surface area (Å²) in [7, 11) is 0. The summed E-state index contributed by atoms with van der Waals surface area (Å²) in [5.74, 6) is -11.1. The van der Waals surface area contributed by atoms with Gasteiger partial charge in [-0.3, -0.25) is 43.2 Å². The van der Waals surface area contributed by atoms with Gasteiger partial charge in [0, 0.05) is 6.92 Å². The molecule has 1 N–H and O–H groups in total. The summed E-state index contributed by atoms with van der Waals surface area (Å²) in [6.07, 6.45) is 1.81. The standard InChI is InChI=1S/C34H52O10.C32H50O9.12CH4/c1-13-23(28(36)40-20-27(30(38)43-33(7,8)9)31(39)44-34(10,11)12)19-25(29(37)42-32(4,5)6)18-21(2)24-14-16-26(17-15-24)41-22(3)35;1-12-21(26(34)38-19-25(28(36)40-31(6,7)8)29(37)41-32(9,10)11)18-23(27(35)39-30(3,4)5)17-20(2)22-13-15-24(33)16-14-22;;;;;;;;;;;;/h14-17,21,23,25,27H,13,18-20H2,1-12H3;13-16,20-21,23,25,33H,12,17-19H2,1-11H3;12*1H4. The highest BCUT2D eigenvalue weighted by atomic mass is 16.6. The van der Waals surface area contributed by atoms with Crippen LogP contribution in [0.25, 0.3) is 0 Å². The Labute approximate surface area is 594 Å². The van der Waals surface area contributed by atoms with Crippen LogP contribution in [0.5, 0.6) is 11.5 Å². The first-order valence-electron chi connectivity index (χ1n) is 29.4. The van der Waals surface area contributed by atoms with Crippen molar-refractivity contribution in [2.24, 2.45) is 35.5 Å². The zero-order valence-electron chi connectivity index (χ0n) is 55.2. The molecular formula is C78H150O19. The van der Waals surface area contributed by atoms with Crippen LogP contribution in [0, 0.1) is 35.5 Å². The maximum atomic E-state index is 13.3. The molecule has 0 aromatic heterocycles. The number of carbonyl (C=O) groups is 9. The van der Waals surface area contributed by atoms with Gasteiger partial charge in [0.2, 0.25) is 0 Å². The molecule has 0 spiro atoms. The fourth-order valence-corrected chi connectivity index (χ4v) is 8.38. The molecule has 97 heavy (non-hydrogen) atoms. The van der Waals surface area contributed by atoms with E-state index in [4.69, 9.17) is 42.6 Å². The van der Waals surface area contributed by atoms with Gasteiger partial charge in [-0.25, -0.2) is 0 Å². The molecule has 576 valence electrons. The van der Waals surface area contributed by atoms with Gasteiger partial charge in [0.15, 0.2) is 11.8 Å². The van der Waals surface area contributed by atoms with Crippen LogP contribution < -0.4 is 4.74 Å². The molecule has 2 aromatic rings. The third-order valence-corrected chi connectivity index (χ3v) is 12.3. The number of carbonyl (C=O) groups excluding carboxylic acids is 9. The van der Waals surface area contributed by atoms with E-state index >= 15 is 0 Å². The van der Waals surface area contributed by atoms with E-state index < -0.39 is 136 Å². The molecule has 2 aromatic carbocycles. The van der Waals surface area contributed by atoms with Gasteiger partial charge >= 0.3 is 53.7 Å². The average Bonchev–Trinajstić information content (AvgIpc) is 0.871. The fourth-order valence-electron chi connectivity index (χ4n) is 8.38. The van der Waals surface area contributed by atoms with Crippen LogP contribution in [-0.2, 0) is 81.0 Å². The summed E-state index contributed by atoms with van der Waals surface area (Å²) in [5.41, 5.74) is -3.05. The normalized spacial score (nSPS) is 12.6. The van der Waals surface area contributed by atoms with Gasteiger partial charge in [0.1, 0.15) is 58.3 Å². The number of benzene rings is 2. The lowest BCUT2D eigenvalue weighted by molar-refractivity contribution is -0.181. The largest absolute Gasteiger partial charge is 0.508 e. The lowest BCUT2D eigenvalue weighted by atomic mass is 9.84. The summed E-state index contributed by atoms with van der Waals surface area (Å²) < 4.78 is 49.1. The number of hydrogen-bond donors (Lipinski definition) is 1. The Balaban J connectivity index is -0.000000133. The van der Waals surface area contributed by atoms with Crippen molar-refractivity contribution >= 4 is 53.7 Å². The van der Waals surface area contributed by atoms with Crippen molar-refractivity contribution in [1.82, 2.24) is 0 Å². The lowest BCUT2D eigenvalue weighted by Gasteiger charge is -2.28. The van der Waals surface area contributed by atoms with E-state index in [2.05, 4.69) is 0 Å². The summed E-state index contributed by atoms with van der Waals surface area (Å²) in [4.78, 5) is 116. The molecule has 0 amide bonds. The van der Waals surface area contributed by atoms with Crippen molar-refractivity contribution in [3.63, 3.8) is 0 Å². The molecule has 0 saturated carbocycles. The van der Waals surface area contributed by atoms with E-state index in [0.29, 0.717) is 31.4 Å². The molecule has 6 atom stereocenters. The number of rotatable bonds is 25. The molecule has 0 radical (unpaired) electrons. The van der Waals surface area contributed by atoms with Gasteiger partial charge in [0.25, 0.3) is 0 Å². The van der Waals surface area contributed by atoms with Crippen LogP contribution in [-0.4, -0.2) is 106 Å². The number of phenolic OH excluding ortho intramolecular Hbond substituents is 1. The summed E-state index contributed by atoms with van der Waals surface area (Å²) >= 11 is 0. The third kappa shape index (κ3) is 49.6. The summed E-state index contributed by atoms with van der Waals surface area (Å²) in [6.45, 7) is 38.5. The first-order chi connectivity index (χ1) is 38.6. The molecule has 19 heteroatoms. The van der Waals surface area contributed by atoms with Crippen LogP contribution in [0.15, 0.2) is 48.5 Å². The highest BCUT2D eigenvalue weighted by molar-refractivity contribution is 5.96. The monoisotopic (exact) mass is 1390 g/mol. The van der Waals surface area contributed by atoms with E-state index in [-0.39, 0.29) is 120 Å². The Bertz CT molecular complexity index is 2450. The minimum atomic E-state index is -1.47. The minimum Gasteiger partial charge on any atom is -0.508 e. The van der Waals surface area contributed by atoms with E-state index in [0.717, 1.165) is 11.1 Å². The Hall–Kier alpha value is -6.53.